The van der Waals surface area contributed by atoms with Crippen LogP contribution >= 0.6 is 0 Å². The Bertz CT molecular complexity index is 1400. The van der Waals surface area contributed by atoms with Gasteiger partial charge in [-0.05, 0) is 60.7 Å². The van der Waals surface area contributed by atoms with Crippen LogP contribution in [0.25, 0.3) is 0 Å². The number of benzene rings is 3. The van der Waals surface area contributed by atoms with Crippen LogP contribution in [0.15, 0.2) is 83.8 Å². The molecular formula is C28H30N4O5S. The predicted octanol–water partition coefficient (Wildman–Crippen LogP) is 3.96. The van der Waals surface area contributed by atoms with Crippen molar-refractivity contribution in [1.82, 2.24) is 4.31 Å². The van der Waals surface area contributed by atoms with Crippen molar-refractivity contribution in [1.29, 1.82) is 0 Å². The highest BCUT2D eigenvalue weighted by molar-refractivity contribution is 7.89. The molecule has 38 heavy (non-hydrogen) atoms. The molecule has 1 aliphatic heterocycles. The molecule has 3 aromatic rings. The van der Waals surface area contributed by atoms with Crippen molar-refractivity contribution in [3.05, 3.63) is 84.4 Å². The average Bonchev–Trinajstić information content (AvgIpc) is 3.32. The Morgan fingerprint density at radius 2 is 1.45 bits per heavy atom. The van der Waals surface area contributed by atoms with Crippen molar-refractivity contribution in [2.75, 3.05) is 35.2 Å². The molecule has 1 unspecified atom stereocenters. The minimum absolute atomic E-state index is 0.0953. The molecule has 0 saturated carbocycles. The summed E-state index contributed by atoms with van der Waals surface area (Å²) >= 11 is 0. The number of hydrogen-bond donors (Lipinski definition) is 2. The maximum absolute atomic E-state index is 12.8. The van der Waals surface area contributed by atoms with Gasteiger partial charge >= 0.3 is 0 Å². The van der Waals surface area contributed by atoms with Crippen molar-refractivity contribution in [3.63, 3.8) is 0 Å². The Hall–Kier alpha value is -4.02. The smallest absolute Gasteiger partial charge is 0.255 e. The molecule has 1 heterocycles. The van der Waals surface area contributed by atoms with Crippen molar-refractivity contribution >= 4 is 44.8 Å². The van der Waals surface area contributed by atoms with Crippen LogP contribution in [-0.2, 0) is 19.6 Å². The van der Waals surface area contributed by atoms with E-state index in [4.69, 9.17) is 0 Å². The first-order chi connectivity index (χ1) is 18.2. The lowest BCUT2D eigenvalue weighted by Gasteiger charge is -2.18. The zero-order valence-electron chi connectivity index (χ0n) is 21.3. The SMILES string of the molecule is CCN(CC)S(=O)(=O)c1ccc(NC(=O)c2ccc(NC(=O)C3CC(=O)N(c4ccccc4)C3)cc2)cc1. The largest absolute Gasteiger partial charge is 0.326 e. The number of anilines is 3. The molecule has 0 aromatic heterocycles. The summed E-state index contributed by atoms with van der Waals surface area (Å²) < 4.78 is 26.6. The first kappa shape index (κ1) is 27.0. The Morgan fingerprint density at radius 3 is 2.05 bits per heavy atom. The summed E-state index contributed by atoms with van der Waals surface area (Å²) in [7, 11) is -3.58. The van der Waals surface area contributed by atoms with Gasteiger partial charge in [-0.3, -0.25) is 14.4 Å². The minimum Gasteiger partial charge on any atom is -0.326 e. The van der Waals surface area contributed by atoms with E-state index in [2.05, 4.69) is 10.6 Å². The fourth-order valence-corrected chi connectivity index (χ4v) is 5.77. The van der Waals surface area contributed by atoms with Gasteiger partial charge < -0.3 is 15.5 Å². The molecule has 0 radical (unpaired) electrons. The molecule has 0 aliphatic carbocycles. The Balaban J connectivity index is 1.34. The number of sulfonamides is 1. The van der Waals surface area contributed by atoms with Crippen molar-refractivity contribution in [2.24, 2.45) is 5.92 Å². The van der Waals surface area contributed by atoms with E-state index in [1.165, 1.54) is 16.4 Å². The third-order valence-electron chi connectivity index (χ3n) is 6.43. The van der Waals surface area contributed by atoms with Gasteiger partial charge in [0.1, 0.15) is 0 Å². The van der Waals surface area contributed by atoms with Gasteiger partial charge in [0.25, 0.3) is 5.91 Å². The van der Waals surface area contributed by atoms with Crippen LogP contribution in [0.3, 0.4) is 0 Å². The van der Waals surface area contributed by atoms with Gasteiger partial charge in [-0.1, -0.05) is 32.0 Å². The number of hydrogen-bond acceptors (Lipinski definition) is 5. The third-order valence-corrected chi connectivity index (χ3v) is 8.50. The zero-order chi connectivity index (χ0) is 27.3. The molecule has 3 aromatic carbocycles. The highest BCUT2D eigenvalue weighted by atomic mass is 32.2. The maximum Gasteiger partial charge on any atom is 0.255 e. The van der Waals surface area contributed by atoms with Crippen LogP contribution in [0.5, 0.6) is 0 Å². The van der Waals surface area contributed by atoms with E-state index in [0.29, 0.717) is 36.6 Å². The maximum atomic E-state index is 12.8. The molecule has 4 rings (SSSR count). The van der Waals surface area contributed by atoms with E-state index < -0.39 is 15.9 Å². The van der Waals surface area contributed by atoms with Crippen LogP contribution in [0.2, 0.25) is 0 Å². The van der Waals surface area contributed by atoms with Gasteiger partial charge in [0.15, 0.2) is 0 Å². The van der Waals surface area contributed by atoms with Gasteiger partial charge in [-0.2, -0.15) is 4.31 Å². The summed E-state index contributed by atoms with van der Waals surface area (Å²) in [5, 5.41) is 5.57. The molecule has 3 amide bonds. The standard InChI is InChI=1S/C28H30N4O5S/c1-3-31(4-2)38(36,37)25-16-14-23(15-17-25)29-27(34)20-10-12-22(13-11-20)30-28(35)21-18-26(33)32(19-21)24-8-6-5-7-9-24/h5-17,21H,3-4,18-19H2,1-2H3,(H,29,34)(H,30,35). The molecule has 198 valence electrons. The minimum atomic E-state index is -3.58. The third kappa shape index (κ3) is 5.92. The molecule has 1 atom stereocenters. The molecular weight excluding hydrogens is 504 g/mol. The summed E-state index contributed by atoms with van der Waals surface area (Å²) in [5.41, 5.74) is 2.11. The van der Waals surface area contributed by atoms with E-state index in [1.807, 2.05) is 30.3 Å². The second-order valence-electron chi connectivity index (χ2n) is 8.88. The molecule has 9 nitrogen and oxygen atoms in total. The summed E-state index contributed by atoms with van der Waals surface area (Å²) in [6.45, 7) is 4.62. The Kier molecular flexibility index (Phi) is 8.23. The van der Waals surface area contributed by atoms with Crippen molar-refractivity contribution < 1.29 is 22.8 Å². The highest BCUT2D eigenvalue weighted by Crippen LogP contribution is 2.26. The van der Waals surface area contributed by atoms with E-state index in [1.54, 1.807) is 55.1 Å². The quantitative estimate of drug-likeness (QED) is 0.431. The van der Waals surface area contributed by atoms with E-state index in [-0.39, 0.29) is 29.0 Å². The zero-order valence-corrected chi connectivity index (χ0v) is 22.1. The second kappa shape index (κ2) is 11.6. The van der Waals surface area contributed by atoms with E-state index >= 15 is 0 Å². The summed E-state index contributed by atoms with van der Waals surface area (Å²) in [6.07, 6.45) is 0.135. The topological polar surface area (TPSA) is 116 Å². The number of nitrogens with one attached hydrogen (secondary N) is 2. The highest BCUT2D eigenvalue weighted by Gasteiger charge is 2.35. The first-order valence-electron chi connectivity index (χ1n) is 12.4. The van der Waals surface area contributed by atoms with Gasteiger partial charge in [0.05, 0.1) is 10.8 Å². The number of amides is 3. The van der Waals surface area contributed by atoms with Crippen LogP contribution < -0.4 is 15.5 Å². The van der Waals surface area contributed by atoms with Gasteiger partial charge in [-0.25, -0.2) is 8.42 Å². The van der Waals surface area contributed by atoms with Crippen LogP contribution in [0.4, 0.5) is 17.1 Å². The molecule has 1 aliphatic rings. The first-order valence-corrected chi connectivity index (χ1v) is 13.8. The average molecular weight is 535 g/mol. The predicted molar refractivity (Wildman–Crippen MR) is 146 cm³/mol. The number of rotatable bonds is 9. The number of carbonyl (C=O) groups excluding carboxylic acids is 3. The van der Waals surface area contributed by atoms with Crippen LogP contribution in [0, 0.1) is 5.92 Å². The molecule has 10 heteroatoms. The summed E-state index contributed by atoms with van der Waals surface area (Å²) in [5.74, 6) is -1.20. The van der Waals surface area contributed by atoms with E-state index in [0.717, 1.165) is 5.69 Å². The van der Waals surface area contributed by atoms with Crippen molar-refractivity contribution in [2.45, 2.75) is 25.2 Å². The van der Waals surface area contributed by atoms with Crippen LogP contribution in [0.1, 0.15) is 30.6 Å². The number of nitrogens with zero attached hydrogens (tertiary/aromatic N) is 2. The van der Waals surface area contributed by atoms with Gasteiger partial charge in [-0.15, -0.1) is 0 Å². The molecule has 0 bridgehead atoms. The van der Waals surface area contributed by atoms with Gasteiger partial charge in [0.2, 0.25) is 21.8 Å². The molecule has 1 saturated heterocycles. The number of carbonyl (C=O) groups is 3. The summed E-state index contributed by atoms with van der Waals surface area (Å²) in [4.78, 5) is 39.6. The lowest BCUT2D eigenvalue weighted by atomic mass is 10.1. The van der Waals surface area contributed by atoms with Crippen LogP contribution in [-0.4, -0.2) is 50.1 Å². The van der Waals surface area contributed by atoms with E-state index in [9.17, 15) is 22.8 Å². The van der Waals surface area contributed by atoms with Gasteiger partial charge in [0, 0.05) is 48.7 Å². The lowest BCUT2D eigenvalue weighted by molar-refractivity contribution is -0.122. The molecule has 1 fully saturated rings. The second-order valence-corrected chi connectivity index (χ2v) is 10.8. The summed E-state index contributed by atoms with van der Waals surface area (Å²) in [6, 6.07) is 21.7. The number of para-hydroxylation sites is 1. The fraction of sp³-hybridized carbons (Fsp3) is 0.250. The Labute approximate surface area is 222 Å². The lowest BCUT2D eigenvalue weighted by Crippen LogP contribution is -2.30. The normalized spacial score (nSPS) is 15.5. The van der Waals surface area contributed by atoms with Crippen molar-refractivity contribution in [3.8, 4) is 0 Å². The Morgan fingerprint density at radius 1 is 0.868 bits per heavy atom. The molecule has 2 N–H and O–H groups in total. The monoisotopic (exact) mass is 534 g/mol. The molecule has 0 spiro atoms. The fourth-order valence-electron chi connectivity index (χ4n) is 4.32.